The van der Waals surface area contributed by atoms with Gasteiger partial charge in [0.05, 0.1) is 5.02 Å². The molecule has 1 amide bonds. The van der Waals surface area contributed by atoms with Crippen LogP contribution in [0.25, 0.3) is 11.1 Å². The van der Waals surface area contributed by atoms with Crippen molar-refractivity contribution in [2.24, 2.45) is 0 Å². The first kappa shape index (κ1) is 18.3. The summed E-state index contributed by atoms with van der Waals surface area (Å²) in [4.78, 5) is 14.0. The normalized spacial score (nSPS) is 14.2. The molecule has 5 heteroatoms. The first-order chi connectivity index (χ1) is 11.7. The smallest absolute Gasteiger partial charge is 0.410 e. The summed E-state index contributed by atoms with van der Waals surface area (Å²) < 4.78 is 6.37. The summed E-state index contributed by atoms with van der Waals surface area (Å²) in [6, 6.07) is 12.3. The number of nitrogens with zero attached hydrogens (tertiary/aromatic N) is 1. The molecule has 1 heterocycles. The molecule has 0 aromatic heterocycles. The lowest BCUT2D eigenvalue weighted by atomic mass is 9.95. The van der Waals surface area contributed by atoms with Gasteiger partial charge in [-0.05, 0) is 65.9 Å². The highest BCUT2D eigenvalue weighted by atomic mass is 79.9. The third-order valence-corrected chi connectivity index (χ3v) is 5.43. The number of halogens is 2. The van der Waals surface area contributed by atoms with Crippen LogP contribution >= 0.6 is 27.5 Å². The Morgan fingerprint density at radius 1 is 1.20 bits per heavy atom. The summed E-state index contributed by atoms with van der Waals surface area (Å²) in [5.41, 5.74) is 4.04. The summed E-state index contributed by atoms with van der Waals surface area (Å²) in [6.07, 6.45) is 0.561. The molecular weight excluding hydrogens is 402 g/mol. The molecule has 0 saturated carbocycles. The fraction of sp³-hybridized carbons (Fsp3) is 0.350. The number of hydrogen-bond acceptors (Lipinski definition) is 2. The second kappa shape index (κ2) is 7.00. The summed E-state index contributed by atoms with van der Waals surface area (Å²) in [6.45, 7) is 6.90. The number of benzene rings is 2. The number of rotatable bonds is 1. The average Bonchev–Trinajstić information content (AvgIpc) is 2.55. The molecule has 2 aromatic rings. The maximum absolute atomic E-state index is 12.3. The highest BCUT2D eigenvalue weighted by Crippen LogP contribution is 2.35. The number of ether oxygens (including phenoxy) is 1. The zero-order valence-electron chi connectivity index (χ0n) is 14.6. The van der Waals surface area contributed by atoms with Crippen LogP contribution in [0.2, 0.25) is 5.02 Å². The van der Waals surface area contributed by atoms with Crippen LogP contribution in [0, 0.1) is 0 Å². The lowest BCUT2D eigenvalue weighted by molar-refractivity contribution is 0.0224. The number of carbonyl (C=O) groups excluding carboxylic acids is 1. The van der Waals surface area contributed by atoms with Crippen molar-refractivity contribution < 1.29 is 9.53 Å². The number of hydrogen-bond donors (Lipinski definition) is 0. The van der Waals surface area contributed by atoms with Gasteiger partial charge in [0.15, 0.2) is 0 Å². The van der Waals surface area contributed by atoms with Gasteiger partial charge in [-0.15, -0.1) is 0 Å². The largest absolute Gasteiger partial charge is 0.444 e. The first-order valence-electron chi connectivity index (χ1n) is 8.29. The molecule has 0 fully saturated rings. The Morgan fingerprint density at radius 3 is 2.68 bits per heavy atom. The minimum atomic E-state index is -0.474. The van der Waals surface area contributed by atoms with Crippen LogP contribution in [0.3, 0.4) is 0 Å². The van der Waals surface area contributed by atoms with Gasteiger partial charge in [-0.25, -0.2) is 4.79 Å². The Hall–Kier alpha value is -1.52. The predicted octanol–water partition coefficient (Wildman–Crippen LogP) is 6.06. The van der Waals surface area contributed by atoms with Crippen molar-refractivity contribution >= 4 is 33.6 Å². The molecular formula is C20H21BrClNO2. The van der Waals surface area contributed by atoms with Gasteiger partial charge in [-0.1, -0.05) is 41.9 Å². The molecule has 132 valence electrons. The first-order valence-corrected chi connectivity index (χ1v) is 9.46. The van der Waals surface area contributed by atoms with E-state index >= 15 is 0 Å². The maximum Gasteiger partial charge on any atom is 0.410 e. The fourth-order valence-electron chi connectivity index (χ4n) is 2.93. The molecule has 0 aliphatic carbocycles. The van der Waals surface area contributed by atoms with Crippen LogP contribution in [0.15, 0.2) is 40.9 Å². The lowest BCUT2D eigenvalue weighted by Crippen LogP contribution is -2.39. The van der Waals surface area contributed by atoms with Crippen molar-refractivity contribution in [2.75, 3.05) is 6.54 Å². The third-order valence-electron chi connectivity index (χ3n) is 4.13. The van der Waals surface area contributed by atoms with E-state index in [0.29, 0.717) is 18.1 Å². The third kappa shape index (κ3) is 4.18. The summed E-state index contributed by atoms with van der Waals surface area (Å²) in [5, 5.41) is 0.716. The van der Waals surface area contributed by atoms with Crippen LogP contribution < -0.4 is 0 Å². The number of amides is 1. The fourth-order valence-corrected chi connectivity index (χ4v) is 3.53. The molecule has 1 aliphatic heterocycles. The highest BCUT2D eigenvalue weighted by molar-refractivity contribution is 9.10. The second-order valence-corrected chi connectivity index (χ2v) is 8.47. The van der Waals surface area contributed by atoms with Crippen LogP contribution in [0.4, 0.5) is 4.79 Å². The van der Waals surface area contributed by atoms with Gasteiger partial charge in [0.1, 0.15) is 5.60 Å². The molecule has 0 N–H and O–H groups in total. The van der Waals surface area contributed by atoms with Crippen LogP contribution in [0.5, 0.6) is 0 Å². The molecule has 0 atom stereocenters. The molecule has 1 aliphatic rings. The average molecular weight is 423 g/mol. The second-order valence-electron chi connectivity index (χ2n) is 7.24. The molecule has 0 unspecified atom stereocenters. The molecule has 0 bridgehead atoms. The van der Waals surface area contributed by atoms with Crippen LogP contribution in [0.1, 0.15) is 31.9 Å². The van der Waals surface area contributed by atoms with Gasteiger partial charge in [0.25, 0.3) is 0 Å². The Morgan fingerprint density at radius 2 is 1.96 bits per heavy atom. The van der Waals surface area contributed by atoms with E-state index in [4.69, 9.17) is 16.3 Å². The van der Waals surface area contributed by atoms with E-state index in [1.165, 1.54) is 5.56 Å². The minimum absolute atomic E-state index is 0.253. The van der Waals surface area contributed by atoms with Gasteiger partial charge >= 0.3 is 6.09 Å². The standard InChI is InChI=1S/C20H21BrClNO2/c1-20(2,3)25-19(24)23-10-9-13-11-14(7-8-15(13)12-23)16-5-4-6-17(21)18(16)22/h4-8,11H,9-10,12H2,1-3H3. The quantitative estimate of drug-likeness (QED) is 0.559. The van der Waals surface area contributed by atoms with Gasteiger partial charge in [-0.3, -0.25) is 0 Å². The Kier molecular flexibility index (Phi) is 5.12. The van der Waals surface area contributed by atoms with Gasteiger partial charge < -0.3 is 9.64 Å². The molecule has 0 radical (unpaired) electrons. The van der Waals surface area contributed by atoms with Crippen molar-refractivity contribution in [3.63, 3.8) is 0 Å². The Labute approximate surface area is 162 Å². The molecule has 0 saturated heterocycles. The number of fused-ring (bicyclic) bond motifs is 1. The summed E-state index contributed by atoms with van der Waals surface area (Å²) in [5.74, 6) is 0. The van der Waals surface area contributed by atoms with E-state index in [1.54, 1.807) is 4.90 Å². The summed E-state index contributed by atoms with van der Waals surface area (Å²) in [7, 11) is 0. The predicted molar refractivity (Wildman–Crippen MR) is 105 cm³/mol. The monoisotopic (exact) mass is 421 g/mol. The van der Waals surface area contributed by atoms with Crippen molar-refractivity contribution in [3.8, 4) is 11.1 Å². The molecule has 25 heavy (non-hydrogen) atoms. The number of carbonyl (C=O) groups is 1. The van der Waals surface area contributed by atoms with Crippen LogP contribution in [-0.4, -0.2) is 23.1 Å². The van der Waals surface area contributed by atoms with Gasteiger partial charge in [0, 0.05) is 23.1 Å². The zero-order chi connectivity index (χ0) is 18.2. The van der Waals surface area contributed by atoms with Gasteiger partial charge in [-0.2, -0.15) is 0 Å². The van der Waals surface area contributed by atoms with Crippen LogP contribution in [-0.2, 0) is 17.7 Å². The van der Waals surface area contributed by atoms with Crippen molar-refractivity contribution in [1.29, 1.82) is 0 Å². The summed E-state index contributed by atoms with van der Waals surface area (Å²) >= 11 is 9.90. The van der Waals surface area contributed by atoms with E-state index in [9.17, 15) is 4.79 Å². The molecule has 3 nitrogen and oxygen atoms in total. The molecule has 2 aromatic carbocycles. The van der Waals surface area contributed by atoms with E-state index < -0.39 is 5.60 Å². The van der Waals surface area contributed by atoms with E-state index in [0.717, 1.165) is 27.6 Å². The van der Waals surface area contributed by atoms with Crippen molar-refractivity contribution in [3.05, 3.63) is 57.0 Å². The SMILES string of the molecule is CC(C)(C)OC(=O)N1CCc2cc(-c3cccc(Br)c3Cl)ccc2C1. The minimum Gasteiger partial charge on any atom is -0.444 e. The van der Waals surface area contributed by atoms with E-state index in [1.807, 2.05) is 39.0 Å². The van der Waals surface area contributed by atoms with Crippen molar-refractivity contribution in [1.82, 2.24) is 4.90 Å². The van der Waals surface area contributed by atoms with E-state index in [2.05, 4.69) is 34.1 Å². The Balaban J connectivity index is 1.82. The Bertz CT molecular complexity index is 814. The highest BCUT2D eigenvalue weighted by Gasteiger charge is 2.25. The van der Waals surface area contributed by atoms with E-state index in [-0.39, 0.29) is 6.09 Å². The topological polar surface area (TPSA) is 29.5 Å². The van der Waals surface area contributed by atoms with Crippen molar-refractivity contribution in [2.45, 2.75) is 39.3 Å². The zero-order valence-corrected chi connectivity index (χ0v) is 16.9. The maximum atomic E-state index is 12.3. The molecule has 0 spiro atoms. The molecule has 3 rings (SSSR count). The van der Waals surface area contributed by atoms with Gasteiger partial charge in [0.2, 0.25) is 0 Å². The lowest BCUT2D eigenvalue weighted by Gasteiger charge is -2.31.